The molecule has 2 heterocycles. The molecule has 0 aromatic carbocycles. The fourth-order valence-corrected chi connectivity index (χ4v) is 3.12. The number of hydrogen-bond donors (Lipinski definition) is 1. The molecule has 0 amide bonds. The zero-order chi connectivity index (χ0) is 13.8. The van der Waals surface area contributed by atoms with Crippen molar-refractivity contribution in [2.75, 3.05) is 25.0 Å². The number of halogens is 1. The molecule has 0 bridgehead atoms. The third-order valence-corrected chi connectivity index (χ3v) is 4.30. The molecule has 2 aromatic heterocycles. The average molecular weight is 343 g/mol. The third kappa shape index (κ3) is 3.65. The predicted octanol–water partition coefficient (Wildman–Crippen LogP) is 1.51. The minimum atomic E-state index is -0.106. The lowest BCUT2D eigenvalue weighted by Gasteiger charge is -2.17. The van der Waals surface area contributed by atoms with Gasteiger partial charge >= 0.3 is 0 Å². The topological polar surface area (TPSA) is 64.2 Å². The summed E-state index contributed by atoms with van der Waals surface area (Å²) in [7, 11) is 1.89. The number of hydrogen-bond acceptors (Lipinski definition) is 5. The van der Waals surface area contributed by atoms with Crippen LogP contribution >= 0.6 is 27.3 Å². The number of anilines is 1. The van der Waals surface area contributed by atoms with Gasteiger partial charge in [-0.05, 0) is 28.1 Å². The Kier molecular flexibility index (Phi) is 4.73. The maximum absolute atomic E-state index is 12.0. The van der Waals surface area contributed by atoms with Gasteiger partial charge in [0.2, 0.25) is 0 Å². The monoisotopic (exact) mass is 342 g/mol. The summed E-state index contributed by atoms with van der Waals surface area (Å²) in [4.78, 5) is 15.0. The summed E-state index contributed by atoms with van der Waals surface area (Å²) in [6.45, 7) is 1.74. The van der Waals surface area contributed by atoms with E-state index in [1.54, 1.807) is 23.6 Å². The van der Waals surface area contributed by atoms with Gasteiger partial charge in [0.25, 0.3) is 5.56 Å². The predicted molar refractivity (Wildman–Crippen MR) is 81.9 cm³/mol. The molecule has 0 spiro atoms. The Labute approximate surface area is 123 Å². The molecule has 0 saturated carbocycles. The molecule has 0 atom stereocenters. The molecule has 19 heavy (non-hydrogen) atoms. The molecule has 2 aromatic rings. The Balaban J connectivity index is 2.17. The quantitative estimate of drug-likeness (QED) is 0.894. The third-order valence-electron chi connectivity index (χ3n) is 2.69. The Morgan fingerprint density at radius 2 is 2.32 bits per heavy atom. The van der Waals surface area contributed by atoms with Crippen LogP contribution in [0.1, 0.15) is 4.88 Å². The van der Waals surface area contributed by atoms with Gasteiger partial charge in [0.1, 0.15) is 0 Å². The minimum absolute atomic E-state index is 0.106. The van der Waals surface area contributed by atoms with Crippen LogP contribution in [0, 0.1) is 0 Å². The molecule has 2 rings (SSSR count). The van der Waals surface area contributed by atoms with Crippen LogP contribution in [-0.2, 0) is 6.54 Å². The van der Waals surface area contributed by atoms with Crippen molar-refractivity contribution in [3.05, 3.63) is 43.4 Å². The van der Waals surface area contributed by atoms with Crippen molar-refractivity contribution >= 4 is 33.0 Å². The van der Waals surface area contributed by atoms with Crippen molar-refractivity contribution in [3.8, 4) is 0 Å². The van der Waals surface area contributed by atoms with Crippen LogP contribution in [0.5, 0.6) is 0 Å². The summed E-state index contributed by atoms with van der Waals surface area (Å²) >= 11 is 5.00. The Bertz CT molecular complexity index is 610. The highest BCUT2D eigenvalue weighted by molar-refractivity contribution is 9.11. The summed E-state index contributed by atoms with van der Waals surface area (Å²) < 4.78 is 2.51. The maximum atomic E-state index is 12.0. The number of likely N-dealkylation sites (N-methyl/N-ethyl adjacent to an activating group) is 1. The zero-order valence-corrected chi connectivity index (χ0v) is 12.9. The smallest absolute Gasteiger partial charge is 0.269 e. The molecule has 0 aliphatic heterocycles. The lowest BCUT2D eigenvalue weighted by molar-refractivity contribution is 0.643. The molecule has 0 saturated heterocycles. The second-order valence-electron chi connectivity index (χ2n) is 4.13. The van der Waals surface area contributed by atoms with Crippen LogP contribution in [0.25, 0.3) is 0 Å². The van der Waals surface area contributed by atoms with Crippen molar-refractivity contribution in [2.45, 2.75) is 6.54 Å². The number of thiophene rings is 1. The van der Waals surface area contributed by atoms with E-state index in [9.17, 15) is 4.79 Å². The maximum Gasteiger partial charge on any atom is 0.269 e. The Morgan fingerprint density at radius 1 is 1.53 bits per heavy atom. The van der Waals surface area contributed by atoms with Gasteiger partial charge in [-0.3, -0.25) is 4.79 Å². The van der Waals surface area contributed by atoms with E-state index in [1.807, 2.05) is 24.1 Å². The highest BCUT2D eigenvalue weighted by Crippen LogP contribution is 2.22. The van der Waals surface area contributed by atoms with E-state index in [1.165, 1.54) is 4.68 Å². The molecule has 5 nitrogen and oxygen atoms in total. The molecular weight excluding hydrogens is 328 g/mol. The first-order valence-electron chi connectivity index (χ1n) is 5.82. The van der Waals surface area contributed by atoms with E-state index in [-0.39, 0.29) is 5.56 Å². The molecular formula is C12H15BrN4OS. The summed E-state index contributed by atoms with van der Waals surface area (Å²) in [5.41, 5.74) is 6.18. The van der Waals surface area contributed by atoms with Crippen molar-refractivity contribution < 1.29 is 0 Å². The molecule has 0 unspecified atom stereocenters. The number of nitrogens with zero attached hydrogens (tertiary/aromatic N) is 3. The van der Waals surface area contributed by atoms with Crippen molar-refractivity contribution in [3.63, 3.8) is 0 Å². The first-order chi connectivity index (χ1) is 9.10. The molecule has 0 aliphatic carbocycles. The van der Waals surface area contributed by atoms with Gasteiger partial charge in [-0.15, -0.1) is 11.3 Å². The van der Waals surface area contributed by atoms with Gasteiger partial charge in [-0.25, -0.2) is 4.68 Å². The van der Waals surface area contributed by atoms with Gasteiger partial charge in [0.05, 0.1) is 22.2 Å². The number of aromatic nitrogens is 2. The second-order valence-corrected chi connectivity index (χ2v) is 6.67. The SMILES string of the molecule is CN(CCN)c1cnn(Cc2ccc(Br)s2)c(=O)c1. The Hall–Kier alpha value is -1.18. The Morgan fingerprint density at radius 3 is 2.89 bits per heavy atom. The highest BCUT2D eigenvalue weighted by Gasteiger charge is 2.06. The van der Waals surface area contributed by atoms with E-state index in [0.717, 1.165) is 14.4 Å². The fraction of sp³-hybridized carbons (Fsp3) is 0.333. The van der Waals surface area contributed by atoms with Gasteiger partial charge < -0.3 is 10.6 Å². The van der Waals surface area contributed by atoms with Crippen molar-refractivity contribution in [1.29, 1.82) is 0 Å². The van der Waals surface area contributed by atoms with Crippen LogP contribution < -0.4 is 16.2 Å². The van der Waals surface area contributed by atoms with Gasteiger partial charge in [0.15, 0.2) is 0 Å². The minimum Gasteiger partial charge on any atom is -0.372 e. The number of rotatable bonds is 5. The normalized spacial score (nSPS) is 10.7. The second kappa shape index (κ2) is 6.31. The first-order valence-corrected chi connectivity index (χ1v) is 7.43. The summed E-state index contributed by atoms with van der Waals surface area (Å²) in [6.07, 6.45) is 1.69. The largest absolute Gasteiger partial charge is 0.372 e. The highest BCUT2D eigenvalue weighted by atomic mass is 79.9. The van der Waals surface area contributed by atoms with Gasteiger partial charge in [-0.2, -0.15) is 5.10 Å². The number of nitrogens with two attached hydrogens (primary N) is 1. The van der Waals surface area contributed by atoms with E-state index in [0.29, 0.717) is 19.6 Å². The van der Waals surface area contributed by atoms with E-state index in [4.69, 9.17) is 5.73 Å². The lowest BCUT2D eigenvalue weighted by Crippen LogP contribution is -2.29. The average Bonchev–Trinajstić information content (AvgIpc) is 2.78. The molecule has 102 valence electrons. The fourth-order valence-electron chi connectivity index (χ4n) is 1.66. The summed E-state index contributed by atoms with van der Waals surface area (Å²) in [5, 5.41) is 4.20. The van der Waals surface area contributed by atoms with Gasteiger partial charge in [0, 0.05) is 31.1 Å². The van der Waals surface area contributed by atoms with Crippen LogP contribution in [0.4, 0.5) is 5.69 Å². The van der Waals surface area contributed by atoms with Crippen molar-refractivity contribution in [1.82, 2.24) is 9.78 Å². The van der Waals surface area contributed by atoms with E-state index in [2.05, 4.69) is 21.0 Å². The van der Waals surface area contributed by atoms with Gasteiger partial charge in [-0.1, -0.05) is 0 Å². The standard InChI is InChI=1S/C12H15BrN4OS/c1-16(5-4-14)9-6-12(18)17(15-7-9)8-10-2-3-11(13)19-10/h2-3,6-7H,4-5,8,14H2,1H3. The van der Waals surface area contributed by atoms with E-state index >= 15 is 0 Å². The van der Waals surface area contributed by atoms with Crippen LogP contribution in [0.3, 0.4) is 0 Å². The van der Waals surface area contributed by atoms with Crippen LogP contribution in [-0.4, -0.2) is 29.9 Å². The molecule has 7 heteroatoms. The molecule has 0 fully saturated rings. The van der Waals surface area contributed by atoms with Crippen LogP contribution in [0.15, 0.2) is 33.0 Å². The molecule has 0 aliphatic rings. The van der Waals surface area contributed by atoms with E-state index < -0.39 is 0 Å². The summed E-state index contributed by atoms with van der Waals surface area (Å²) in [6, 6.07) is 5.54. The van der Waals surface area contributed by atoms with Crippen LogP contribution in [0.2, 0.25) is 0 Å². The first kappa shape index (κ1) is 14.2. The zero-order valence-electron chi connectivity index (χ0n) is 10.5. The lowest BCUT2D eigenvalue weighted by atomic mass is 10.4. The molecule has 0 radical (unpaired) electrons. The summed E-state index contributed by atoms with van der Waals surface area (Å²) in [5.74, 6) is 0. The molecule has 2 N–H and O–H groups in total. The van der Waals surface area contributed by atoms with Crippen molar-refractivity contribution in [2.24, 2.45) is 5.73 Å².